The maximum atomic E-state index is 13.9. The lowest BCUT2D eigenvalue weighted by atomic mass is 9.85. The van der Waals surface area contributed by atoms with Gasteiger partial charge in [-0.1, -0.05) is 6.92 Å². The van der Waals surface area contributed by atoms with Crippen LogP contribution in [0.2, 0.25) is 0 Å². The Morgan fingerprint density at radius 3 is 2.74 bits per heavy atom. The van der Waals surface area contributed by atoms with Gasteiger partial charge in [-0.05, 0) is 49.1 Å². The number of halogens is 1. The summed E-state index contributed by atoms with van der Waals surface area (Å²) in [6, 6.07) is 3.25. The van der Waals surface area contributed by atoms with Crippen LogP contribution in [-0.2, 0) is 17.8 Å². The Bertz CT molecular complexity index is 721. The van der Waals surface area contributed by atoms with Gasteiger partial charge in [0.05, 0.1) is 13.7 Å². The van der Waals surface area contributed by atoms with Crippen molar-refractivity contribution in [2.24, 2.45) is 0 Å². The van der Waals surface area contributed by atoms with Crippen molar-refractivity contribution in [2.75, 3.05) is 26.7 Å². The Kier molecular flexibility index (Phi) is 5.84. The van der Waals surface area contributed by atoms with E-state index in [1.165, 1.54) is 13.2 Å². The second kappa shape index (κ2) is 8.12. The van der Waals surface area contributed by atoms with Gasteiger partial charge >= 0.3 is 12.0 Å². The van der Waals surface area contributed by atoms with Crippen molar-refractivity contribution in [3.63, 3.8) is 0 Å². The molecule has 0 radical (unpaired) electrons. The van der Waals surface area contributed by atoms with Crippen LogP contribution in [0, 0.1) is 5.82 Å². The molecule has 2 aliphatic rings. The van der Waals surface area contributed by atoms with E-state index >= 15 is 0 Å². The predicted molar refractivity (Wildman–Crippen MR) is 97.3 cm³/mol. The first-order chi connectivity index (χ1) is 12.9. The van der Waals surface area contributed by atoms with E-state index in [0.29, 0.717) is 26.1 Å². The molecule has 27 heavy (non-hydrogen) atoms. The third-order valence-electron chi connectivity index (χ3n) is 5.48. The number of carbonyl (C=O) groups excluding carboxylic acids is 1. The predicted octanol–water partition coefficient (Wildman–Crippen LogP) is 1.84. The smallest absolute Gasteiger partial charge is 0.317 e. The van der Waals surface area contributed by atoms with Crippen molar-refractivity contribution < 1.29 is 23.8 Å². The molecule has 7 nitrogen and oxygen atoms in total. The molecule has 0 saturated heterocycles. The van der Waals surface area contributed by atoms with Crippen LogP contribution >= 0.6 is 0 Å². The molecule has 1 heterocycles. The lowest BCUT2D eigenvalue weighted by molar-refractivity contribution is -0.139. The highest BCUT2D eigenvalue weighted by Crippen LogP contribution is 2.28. The van der Waals surface area contributed by atoms with Crippen LogP contribution < -0.4 is 10.1 Å². The molecule has 0 atom stereocenters. The highest BCUT2D eigenvalue weighted by Gasteiger charge is 2.35. The molecule has 1 aliphatic heterocycles. The molecule has 8 heteroatoms. The second-order valence-corrected chi connectivity index (χ2v) is 7.16. The van der Waals surface area contributed by atoms with Crippen LogP contribution in [-0.4, -0.2) is 65.7 Å². The summed E-state index contributed by atoms with van der Waals surface area (Å²) < 4.78 is 18.9. The monoisotopic (exact) mass is 379 g/mol. The lowest BCUT2D eigenvalue weighted by Gasteiger charge is -2.43. The van der Waals surface area contributed by atoms with Gasteiger partial charge in [-0.25, -0.2) is 9.18 Å². The number of benzene rings is 1. The number of fused-ring (bicyclic) bond motifs is 1. The summed E-state index contributed by atoms with van der Waals surface area (Å²) in [5.41, 5.74) is 1.81. The largest absolute Gasteiger partial charge is 0.494 e. The topological polar surface area (TPSA) is 82.1 Å². The third kappa shape index (κ3) is 4.32. The summed E-state index contributed by atoms with van der Waals surface area (Å²) >= 11 is 0. The molecule has 0 aromatic heterocycles. The third-order valence-corrected chi connectivity index (χ3v) is 5.48. The molecule has 1 aliphatic carbocycles. The van der Waals surface area contributed by atoms with Gasteiger partial charge < -0.3 is 20.1 Å². The van der Waals surface area contributed by atoms with Gasteiger partial charge in [-0.15, -0.1) is 0 Å². The van der Waals surface area contributed by atoms with E-state index in [9.17, 15) is 14.0 Å². The van der Waals surface area contributed by atoms with Gasteiger partial charge in [0.25, 0.3) is 0 Å². The summed E-state index contributed by atoms with van der Waals surface area (Å²) in [5, 5.41) is 12.0. The zero-order valence-electron chi connectivity index (χ0n) is 15.7. The van der Waals surface area contributed by atoms with Gasteiger partial charge in [0.15, 0.2) is 11.6 Å². The van der Waals surface area contributed by atoms with Crippen LogP contribution in [0.25, 0.3) is 0 Å². The van der Waals surface area contributed by atoms with Crippen molar-refractivity contribution in [1.82, 2.24) is 15.1 Å². The van der Waals surface area contributed by atoms with Crippen molar-refractivity contribution in [1.29, 1.82) is 0 Å². The summed E-state index contributed by atoms with van der Waals surface area (Å²) in [4.78, 5) is 27.0. The van der Waals surface area contributed by atoms with Crippen molar-refractivity contribution in [3.05, 3.63) is 29.1 Å². The van der Waals surface area contributed by atoms with E-state index in [0.717, 1.165) is 24.0 Å². The van der Waals surface area contributed by atoms with E-state index in [1.54, 1.807) is 11.0 Å². The average Bonchev–Trinajstić information content (AvgIpc) is 2.61. The molecule has 0 spiro atoms. The zero-order chi connectivity index (χ0) is 19.6. The fourth-order valence-electron chi connectivity index (χ4n) is 3.83. The van der Waals surface area contributed by atoms with Gasteiger partial charge in [-0.2, -0.15) is 0 Å². The molecule has 148 valence electrons. The fraction of sp³-hybridized carbons (Fsp3) is 0.579. The minimum Gasteiger partial charge on any atom is -0.494 e. The number of nitrogens with zero attached hydrogens (tertiary/aromatic N) is 2. The molecule has 3 rings (SSSR count). The number of nitrogens with one attached hydrogen (secondary N) is 1. The number of urea groups is 1. The van der Waals surface area contributed by atoms with Crippen molar-refractivity contribution in [2.45, 2.75) is 44.8 Å². The van der Waals surface area contributed by atoms with Crippen LogP contribution in [0.1, 0.15) is 30.9 Å². The SMILES string of the molecule is CCN(CC(=O)O)C1CC(NC(=O)N2CCc3cc(OC)c(F)cc3C2)C1. The van der Waals surface area contributed by atoms with Crippen LogP contribution in [0.4, 0.5) is 9.18 Å². The zero-order valence-corrected chi connectivity index (χ0v) is 15.7. The number of hydrogen-bond donors (Lipinski definition) is 2. The lowest BCUT2D eigenvalue weighted by Crippen LogP contribution is -2.57. The molecule has 1 aromatic rings. The quantitative estimate of drug-likeness (QED) is 0.788. The van der Waals surface area contributed by atoms with Crippen LogP contribution in [0.3, 0.4) is 0 Å². The first kappa shape index (κ1) is 19.4. The number of amides is 2. The first-order valence-electron chi connectivity index (χ1n) is 9.27. The molecule has 0 unspecified atom stereocenters. The Hall–Kier alpha value is -2.35. The first-order valence-corrected chi connectivity index (χ1v) is 9.27. The summed E-state index contributed by atoms with van der Waals surface area (Å²) in [7, 11) is 1.44. The van der Waals surface area contributed by atoms with E-state index in [1.807, 2.05) is 11.8 Å². The van der Waals surface area contributed by atoms with Crippen molar-refractivity contribution >= 4 is 12.0 Å². The normalized spacial score (nSPS) is 21.4. The summed E-state index contributed by atoms with van der Waals surface area (Å²) in [5.74, 6) is -1.02. The minimum atomic E-state index is -0.833. The van der Waals surface area contributed by atoms with Crippen LogP contribution in [0.15, 0.2) is 12.1 Å². The molecule has 0 bridgehead atoms. The Morgan fingerprint density at radius 2 is 2.11 bits per heavy atom. The maximum Gasteiger partial charge on any atom is 0.317 e. The standard InChI is InChI=1S/C19H26FN3O4/c1-3-22(11-18(24)25)15-8-14(9-15)21-19(26)23-5-4-12-7-17(27-2)16(20)6-13(12)10-23/h6-7,14-15H,3-5,8-11H2,1-2H3,(H,21,26)(H,24,25). The number of aliphatic carboxylic acids is 1. The molecule has 2 N–H and O–H groups in total. The maximum absolute atomic E-state index is 13.9. The number of methoxy groups -OCH3 is 1. The number of rotatable bonds is 6. The Labute approximate surface area is 158 Å². The number of carboxylic acids is 1. The Morgan fingerprint density at radius 1 is 1.37 bits per heavy atom. The minimum absolute atomic E-state index is 0.0275. The molecular formula is C19H26FN3O4. The number of ether oxygens (including phenoxy) is 1. The number of carboxylic acid groups (broad SMARTS) is 1. The van der Waals surface area contributed by atoms with E-state index in [4.69, 9.17) is 9.84 Å². The van der Waals surface area contributed by atoms with E-state index < -0.39 is 11.8 Å². The second-order valence-electron chi connectivity index (χ2n) is 7.16. The van der Waals surface area contributed by atoms with Gasteiger partial charge in [0.1, 0.15) is 0 Å². The van der Waals surface area contributed by atoms with E-state index in [-0.39, 0.29) is 30.4 Å². The highest BCUT2D eigenvalue weighted by atomic mass is 19.1. The molecule has 1 saturated carbocycles. The number of carbonyl (C=O) groups is 2. The molecule has 2 amide bonds. The number of likely N-dealkylation sites (N-methyl/N-ethyl adjacent to an activating group) is 1. The molecular weight excluding hydrogens is 353 g/mol. The van der Waals surface area contributed by atoms with Gasteiger partial charge in [0, 0.05) is 25.2 Å². The summed E-state index contributed by atoms with van der Waals surface area (Å²) in [6.45, 7) is 3.59. The van der Waals surface area contributed by atoms with Gasteiger partial charge in [0.2, 0.25) is 0 Å². The summed E-state index contributed by atoms with van der Waals surface area (Å²) in [6.07, 6.45) is 2.17. The fourth-order valence-corrected chi connectivity index (χ4v) is 3.83. The molecule has 1 aromatic carbocycles. The van der Waals surface area contributed by atoms with Crippen LogP contribution in [0.5, 0.6) is 5.75 Å². The van der Waals surface area contributed by atoms with E-state index in [2.05, 4.69) is 5.32 Å². The number of hydrogen-bond acceptors (Lipinski definition) is 4. The highest BCUT2D eigenvalue weighted by molar-refractivity contribution is 5.75. The average molecular weight is 379 g/mol. The van der Waals surface area contributed by atoms with Gasteiger partial charge in [-0.3, -0.25) is 9.69 Å². The Balaban J connectivity index is 1.52. The van der Waals surface area contributed by atoms with Crippen molar-refractivity contribution in [3.8, 4) is 5.75 Å². The molecule has 1 fully saturated rings.